The van der Waals surface area contributed by atoms with Crippen molar-refractivity contribution < 1.29 is 22.8 Å². The maximum absolute atomic E-state index is 13.3. The van der Waals surface area contributed by atoms with E-state index in [-0.39, 0.29) is 23.5 Å². The van der Waals surface area contributed by atoms with Gasteiger partial charge in [0.05, 0.1) is 38.4 Å². The lowest BCUT2D eigenvalue weighted by molar-refractivity contribution is 0.109. The highest BCUT2D eigenvalue weighted by Gasteiger charge is 2.39. The summed E-state index contributed by atoms with van der Waals surface area (Å²) in [6.07, 6.45) is 7.31. The van der Waals surface area contributed by atoms with E-state index < -0.39 is 9.84 Å². The van der Waals surface area contributed by atoms with Gasteiger partial charge >= 0.3 is 6.09 Å². The van der Waals surface area contributed by atoms with Gasteiger partial charge in [0.2, 0.25) is 0 Å². The molecule has 2 aliphatic carbocycles. The van der Waals surface area contributed by atoms with Gasteiger partial charge in [-0.25, -0.2) is 18.2 Å². The molecule has 1 aliphatic heterocycles. The highest BCUT2D eigenvalue weighted by Crippen LogP contribution is 2.43. The molecule has 5 rings (SSSR count). The number of carbonyl (C=O) groups excluding carboxylic acids is 1. The fourth-order valence-corrected chi connectivity index (χ4v) is 7.89. The third-order valence-electron chi connectivity index (χ3n) is 6.81. The van der Waals surface area contributed by atoms with Crippen LogP contribution >= 0.6 is 11.3 Å². The van der Waals surface area contributed by atoms with E-state index in [1.165, 1.54) is 0 Å². The van der Waals surface area contributed by atoms with Crippen molar-refractivity contribution >= 4 is 33.0 Å². The molecule has 2 saturated carbocycles. The normalized spacial score (nSPS) is 23.0. The van der Waals surface area contributed by atoms with Crippen molar-refractivity contribution in [2.75, 3.05) is 18.2 Å². The molecule has 0 spiro atoms. The average Bonchev–Trinajstić information content (AvgIpc) is 3.35. The molecule has 1 aromatic heterocycles. The molecule has 1 saturated heterocycles. The minimum absolute atomic E-state index is 0.118. The van der Waals surface area contributed by atoms with Crippen LogP contribution < -0.4 is 10.4 Å². The van der Waals surface area contributed by atoms with Crippen molar-refractivity contribution in [2.24, 2.45) is 0 Å². The minimum Gasteiger partial charge on any atom is -0.447 e. The van der Waals surface area contributed by atoms with Crippen LogP contribution in [0.25, 0.3) is 10.4 Å². The summed E-state index contributed by atoms with van der Waals surface area (Å²) in [5.41, 5.74) is 1.52. The summed E-state index contributed by atoms with van der Waals surface area (Å²) < 4.78 is 31.9. The molecule has 0 atom stereocenters. The highest BCUT2D eigenvalue weighted by atomic mass is 32.2. The number of rotatable bonds is 7. The van der Waals surface area contributed by atoms with E-state index in [1.807, 2.05) is 32.2 Å². The maximum atomic E-state index is 13.3. The molecule has 3 aliphatic rings. The number of ether oxygens (including phenoxy) is 1. The van der Waals surface area contributed by atoms with E-state index in [0.717, 1.165) is 72.6 Å². The molecule has 2 aromatic rings. The van der Waals surface area contributed by atoms with Crippen LogP contribution in [0.1, 0.15) is 69.7 Å². The van der Waals surface area contributed by atoms with Gasteiger partial charge in [-0.15, -0.1) is 11.3 Å². The van der Waals surface area contributed by atoms with Crippen LogP contribution in [0.3, 0.4) is 0 Å². The molecule has 190 valence electrons. The highest BCUT2D eigenvalue weighted by molar-refractivity contribution is 7.92. The molecule has 0 radical (unpaired) electrons. The van der Waals surface area contributed by atoms with Crippen molar-refractivity contribution in [1.29, 1.82) is 0 Å². The fourth-order valence-electron chi connectivity index (χ4n) is 4.81. The predicted octanol–water partition coefficient (Wildman–Crippen LogP) is 5.05. The standard InChI is InChI=1S/C25H33N3O5S2/c1-16(2)33-25(29)27-18-6-4-17(5-7-18)24-26-15-22(34-24)21-11-8-19(28-12-3-13-32-28)14-23(21)35(30,31)20-9-10-20/h8,11,14-18,20H,3-7,9-10,12-13H2,1-2H3,(H,27,29)/t17-,18-. The Morgan fingerprint density at radius 2 is 1.97 bits per heavy atom. The number of thiazole rings is 1. The summed E-state index contributed by atoms with van der Waals surface area (Å²) in [5, 5.41) is 5.50. The van der Waals surface area contributed by atoms with Crippen LogP contribution in [0, 0.1) is 0 Å². The van der Waals surface area contributed by atoms with Gasteiger partial charge in [0.15, 0.2) is 9.84 Å². The van der Waals surface area contributed by atoms with Gasteiger partial charge in [-0.3, -0.25) is 9.90 Å². The molecule has 35 heavy (non-hydrogen) atoms. The molecule has 2 heterocycles. The Kier molecular flexibility index (Phi) is 7.05. The Morgan fingerprint density at radius 3 is 2.63 bits per heavy atom. The number of nitrogens with one attached hydrogen (secondary N) is 1. The zero-order chi connectivity index (χ0) is 24.6. The van der Waals surface area contributed by atoms with Gasteiger partial charge in [0, 0.05) is 30.3 Å². The van der Waals surface area contributed by atoms with E-state index in [4.69, 9.17) is 14.6 Å². The van der Waals surface area contributed by atoms with E-state index in [2.05, 4.69) is 5.32 Å². The Morgan fingerprint density at radius 1 is 1.20 bits per heavy atom. The first-order valence-electron chi connectivity index (χ1n) is 12.5. The van der Waals surface area contributed by atoms with Crippen LogP contribution in [0.4, 0.5) is 10.5 Å². The van der Waals surface area contributed by atoms with Crippen molar-refractivity contribution in [1.82, 2.24) is 10.3 Å². The number of nitrogens with zero attached hydrogens (tertiary/aromatic N) is 2. The van der Waals surface area contributed by atoms with Crippen molar-refractivity contribution in [2.45, 2.75) is 87.0 Å². The summed E-state index contributed by atoms with van der Waals surface area (Å²) in [7, 11) is -3.40. The van der Waals surface area contributed by atoms with Crippen LogP contribution in [-0.2, 0) is 19.4 Å². The number of alkyl carbamates (subject to hydrolysis) is 1. The van der Waals surface area contributed by atoms with Gasteiger partial charge < -0.3 is 10.1 Å². The molecule has 0 bridgehead atoms. The van der Waals surface area contributed by atoms with E-state index in [0.29, 0.717) is 17.4 Å². The molecule has 1 amide bonds. The quantitative estimate of drug-likeness (QED) is 0.547. The Balaban J connectivity index is 1.32. The first kappa shape index (κ1) is 24.5. The van der Waals surface area contributed by atoms with Crippen molar-refractivity contribution in [3.8, 4) is 10.4 Å². The number of benzene rings is 1. The number of anilines is 1. The topological polar surface area (TPSA) is 97.8 Å². The lowest BCUT2D eigenvalue weighted by atomic mass is 9.86. The number of hydrogen-bond donors (Lipinski definition) is 1. The van der Waals surface area contributed by atoms with Gasteiger partial charge in [-0.2, -0.15) is 0 Å². The summed E-state index contributed by atoms with van der Waals surface area (Å²) in [6.45, 7) is 5.10. The number of hydroxylamine groups is 1. The van der Waals surface area contributed by atoms with Gasteiger partial charge in [0.25, 0.3) is 0 Å². The third-order valence-corrected chi connectivity index (χ3v) is 10.3. The zero-order valence-corrected chi connectivity index (χ0v) is 21.9. The molecule has 10 heteroatoms. The second kappa shape index (κ2) is 10.1. The summed E-state index contributed by atoms with van der Waals surface area (Å²) >= 11 is 1.58. The van der Waals surface area contributed by atoms with Crippen LogP contribution in [0.2, 0.25) is 0 Å². The molecular formula is C25H33N3O5S2. The Bertz CT molecular complexity index is 1160. The fraction of sp³-hybridized carbons (Fsp3) is 0.600. The Hall–Kier alpha value is -2.17. The van der Waals surface area contributed by atoms with E-state index in [1.54, 1.807) is 22.5 Å². The molecule has 8 nitrogen and oxygen atoms in total. The number of hydrogen-bond acceptors (Lipinski definition) is 8. The van der Waals surface area contributed by atoms with E-state index in [9.17, 15) is 13.2 Å². The zero-order valence-electron chi connectivity index (χ0n) is 20.2. The molecule has 1 N–H and O–H groups in total. The van der Waals surface area contributed by atoms with Crippen LogP contribution in [0.15, 0.2) is 29.3 Å². The first-order valence-corrected chi connectivity index (χ1v) is 14.9. The smallest absolute Gasteiger partial charge is 0.407 e. The van der Waals surface area contributed by atoms with Gasteiger partial charge in [-0.05, 0) is 70.9 Å². The second-order valence-electron chi connectivity index (χ2n) is 9.92. The summed E-state index contributed by atoms with van der Waals surface area (Å²) in [4.78, 5) is 23.5. The first-order chi connectivity index (χ1) is 16.8. The summed E-state index contributed by atoms with van der Waals surface area (Å²) in [6, 6.07) is 5.75. The van der Waals surface area contributed by atoms with Gasteiger partial charge in [-0.1, -0.05) is 6.07 Å². The largest absolute Gasteiger partial charge is 0.447 e. The van der Waals surface area contributed by atoms with Crippen molar-refractivity contribution in [3.63, 3.8) is 0 Å². The Labute approximate surface area is 210 Å². The minimum atomic E-state index is -3.40. The summed E-state index contributed by atoms with van der Waals surface area (Å²) in [5.74, 6) is 0.314. The van der Waals surface area contributed by atoms with Gasteiger partial charge in [0.1, 0.15) is 0 Å². The molecule has 1 aromatic carbocycles. The molecular weight excluding hydrogens is 486 g/mol. The third kappa shape index (κ3) is 5.49. The SMILES string of the molecule is CC(C)OC(=O)N[C@H]1CC[C@H](c2ncc(-c3ccc(N4CCCO4)cc3S(=O)(=O)C3CC3)s2)CC1. The monoisotopic (exact) mass is 519 g/mol. The second-order valence-corrected chi connectivity index (χ2v) is 13.2. The van der Waals surface area contributed by atoms with Crippen LogP contribution in [-0.4, -0.2) is 50.0 Å². The van der Waals surface area contributed by atoms with Crippen molar-refractivity contribution in [3.05, 3.63) is 29.4 Å². The van der Waals surface area contributed by atoms with Crippen LogP contribution in [0.5, 0.6) is 0 Å². The molecule has 0 unspecified atom stereocenters. The lowest BCUT2D eigenvalue weighted by Gasteiger charge is -2.28. The number of sulfone groups is 1. The molecule has 3 fully saturated rings. The maximum Gasteiger partial charge on any atom is 0.407 e. The lowest BCUT2D eigenvalue weighted by Crippen LogP contribution is -2.38. The van der Waals surface area contributed by atoms with E-state index >= 15 is 0 Å². The predicted molar refractivity (Wildman–Crippen MR) is 135 cm³/mol. The number of aromatic nitrogens is 1. The average molecular weight is 520 g/mol. The number of carbonyl (C=O) groups is 1. The number of amides is 1.